The summed E-state index contributed by atoms with van der Waals surface area (Å²) in [7, 11) is 0. The molecule has 0 saturated carbocycles. The first-order valence-electron chi connectivity index (χ1n) is 9.75. The van der Waals surface area contributed by atoms with Crippen LogP contribution in [-0.4, -0.2) is 55.4 Å². The van der Waals surface area contributed by atoms with Crippen molar-refractivity contribution < 1.29 is 9.42 Å². The molecule has 0 radical (unpaired) electrons. The molecule has 0 aliphatic carbocycles. The van der Waals surface area contributed by atoms with E-state index in [0.29, 0.717) is 18.7 Å². The van der Waals surface area contributed by atoms with Crippen LogP contribution in [0.1, 0.15) is 42.0 Å². The van der Waals surface area contributed by atoms with Crippen molar-refractivity contribution in [2.45, 2.75) is 33.2 Å². The van der Waals surface area contributed by atoms with Crippen LogP contribution in [0.4, 0.5) is 5.82 Å². The summed E-state index contributed by atoms with van der Waals surface area (Å²) in [6, 6.07) is 10.1. The van der Waals surface area contributed by atoms with Crippen LogP contribution < -0.4 is 11.2 Å². The van der Waals surface area contributed by atoms with Crippen LogP contribution in [0.5, 0.6) is 0 Å². The van der Waals surface area contributed by atoms with Crippen LogP contribution in [0.2, 0.25) is 0 Å². The van der Waals surface area contributed by atoms with E-state index in [9.17, 15) is 4.79 Å². The van der Waals surface area contributed by atoms with E-state index in [1.54, 1.807) is 6.21 Å². The lowest BCUT2D eigenvalue weighted by molar-refractivity contribution is 0.0945. The number of nitrogen functional groups attached to an aromatic ring is 1. The number of rotatable bonds is 10. The first kappa shape index (κ1) is 21.1. The van der Waals surface area contributed by atoms with Gasteiger partial charge in [-0.15, -0.1) is 5.10 Å². The predicted octanol–water partition coefficient (Wildman–Crippen LogP) is 1.42. The van der Waals surface area contributed by atoms with Gasteiger partial charge in [-0.2, -0.15) is 9.78 Å². The van der Waals surface area contributed by atoms with Crippen LogP contribution in [0, 0.1) is 0 Å². The molecule has 1 aromatic carbocycles. The molecule has 3 aromatic rings. The number of hydrazone groups is 1. The van der Waals surface area contributed by atoms with Gasteiger partial charge in [0.1, 0.15) is 5.69 Å². The Labute approximate surface area is 173 Å². The number of nitrogens with zero attached hydrogens (tertiary/aromatic N) is 7. The van der Waals surface area contributed by atoms with Crippen molar-refractivity contribution in [2.75, 3.05) is 18.8 Å². The van der Waals surface area contributed by atoms with E-state index in [1.165, 1.54) is 10.2 Å². The molecule has 3 N–H and O–H groups in total. The molecule has 2 aromatic heterocycles. The highest BCUT2D eigenvalue weighted by Crippen LogP contribution is 2.17. The zero-order valence-electron chi connectivity index (χ0n) is 17.0. The quantitative estimate of drug-likeness (QED) is 0.377. The third-order valence-corrected chi connectivity index (χ3v) is 4.58. The largest absolute Gasteiger partial charge is 0.378 e. The number of aryl methyl sites for hydroxylation is 1. The molecule has 0 bridgehead atoms. The van der Waals surface area contributed by atoms with Crippen molar-refractivity contribution in [3.8, 4) is 5.82 Å². The molecule has 11 nitrogen and oxygen atoms in total. The Kier molecular flexibility index (Phi) is 7.22. The van der Waals surface area contributed by atoms with Gasteiger partial charge in [-0.05, 0) is 41.8 Å². The molecule has 0 fully saturated rings. The molecule has 11 heteroatoms. The number of nitrogens with one attached hydrogen (secondary N) is 1. The third-order valence-electron chi connectivity index (χ3n) is 4.58. The summed E-state index contributed by atoms with van der Waals surface area (Å²) >= 11 is 0. The number of benzene rings is 1. The van der Waals surface area contributed by atoms with Gasteiger partial charge in [0.15, 0.2) is 5.69 Å². The van der Waals surface area contributed by atoms with Crippen LogP contribution in [-0.2, 0) is 13.0 Å². The van der Waals surface area contributed by atoms with Gasteiger partial charge in [0, 0.05) is 12.8 Å². The molecule has 1 amide bonds. The smallest absolute Gasteiger partial charge is 0.292 e. The molecule has 30 heavy (non-hydrogen) atoms. The number of carbonyl (C=O) groups excluding carboxylic acids is 1. The van der Waals surface area contributed by atoms with Crippen LogP contribution in [0.15, 0.2) is 40.1 Å². The van der Waals surface area contributed by atoms with Gasteiger partial charge in [-0.25, -0.2) is 10.1 Å². The molecule has 0 aliphatic heterocycles. The third kappa shape index (κ3) is 5.06. The summed E-state index contributed by atoms with van der Waals surface area (Å²) in [5, 5.41) is 19.5. The lowest BCUT2D eigenvalue weighted by atomic mass is 10.1. The normalized spacial score (nSPS) is 11.4. The van der Waals surface area contributed by atoms with E-state index in [4.69, 9.17) is 5.73 Å². The molecule has 0 spiro atoms. The monoisotopic (exact) mass is 411 g/mol. The van der Waals surface area contributed by atoms with Crippen LogP contribution >= 0.6 is 0 Å². The van der Waals surface area contributed by atoms with E-state index in [-0.39, 0.29) is 17.3 Å². The number of carbonyl (C=O) groups is 1. The van der Waals surface area contributed by atoms with E-state index in [1.807, 2.05) is 44.2 Å². The van der Waals surface area contributed by atoms with Gasteiger partial charge < -0.3 is 5.73 Å². The van der Waals surface area contributed by atoms with Crippen LogP contribution in [0.3, 0.4) is 0 Å². The molecule has 0 aliphatic rings. The fourth-order valence-corrected chi connectivity index (χ4v) is 2.89. The summed E-state index contributed by atoms with van der Waals surface area (Å²) in [6.07, 6.45) is 3.18. The molecule has 0 saturated heterocycles. The van der Waals surface area contributed by atoms with Crippen molar-refractivity contribution in [1.82, 2.24) is 35.6 Å². The zero-order chi connectivity index (χ0) is 21.3. The number of amides is 1. The second kappa shape index (κ2) is 10.3. The van der Waals surface area contributed by atoms with Gasteiger partial charge in [0.2, 0.25) is 11.6 Å². The van der Waals surface area contributed by atoms with Crippen molar-refractivity contribution >= 4 is 17.9 Å². The Morgan fingerprint density at radius 2 is 2.03 bits per heavy atom. The minimum Gasteiger partial charge on any atom is -0.378 e. The Hall–Kier alpha value is -3.60. The molecule has 158 valence electrons. The first-order valence-corrected chi connectivity index (χ1v) is 9.75. The highest BCUT2D eigenvalue weighted by molar-refractivity contribution is 5.94. The lowest BCUT2D eigenvalue weighted by Gasteiger charge is -2.16. The zero-order valence-corrected chi connectivity index (χ0v) is 17.0. The van der Waals surface area contributed by atoms with E-state index in [2.05, 4.69) is 40.7 Å². The lowest BCUT2D eigenvalue weighted by Crippen LogP contribution is -2.27. The van der Waals surface area contributed by atoms with E-state index in [0.717, 1.165) is 19.5 Å². The van der Waals surface area contributed by atoms with Gasteiger partial charge in [0.25, 0.3) is 5.91 Å². The number of hydrogen-bond donors (Lipinski definition) is 2. The van der Waals surface area contributed by atoms with Crippen molar-refractivity contribution in [1.29, 1.82) is 0 Å². The minimum absolute atomic E-state index is 0.00898. The SMILES string of the molecule is CCN(CC)Cc1nnn(-c2nonc2N)c1C(=O)NN=CCCc1ccccc1. The molecular weight excluding hydrogens is 386 g/mol. The Bertz CT molecular complexity index is 977. The number of anilines is 1. The minimum atomic E-state index is -0.472. The summed E-state index contributed by atoms with van der Waals surface area (Å²) in [6.45, 7) is 6.11. The van der Waals surface area contributed by atoms with Crippen molar-refractivity contribution in [3.63, 3.8) is 0 Å². The fraction of sp³-hybridized carbons (Fsp3) is 0.368. The molecule has 0 atom stereocenters. The maximum absolute atomic E-state index is 12.9. The van der Waals surface area contributed by atoms with Gasteiger partial charge in [0.05, 0.1) is 0 Å². The van der Waals surface area contributed by atoms with Gasteiger partial charge >= 0.3 is 0 Å². The summed E-state index contributed by atoms with van der Waals surface area (Å²) < 4.78 is 5.86. The predicted molar refractivity (Wildman–Crippen MR) is 111 cm³/mol. The molecule has 2 heterocycles. The maximum Gasteiger partial charge on any atom is 0.292 e. The number of aromatic nitrogens is 5. The molecule has 3 rings (SSSR count). The Morgan fingerprint density at radius 3 is 2.70 bits per heavy atom. The van der Waals surface area contributed by atoms with E-state index < -0.39 is 5.91 Å². The van der Waals surface area contributed by atoms with Crippen molar-refractivity contribution in [3.05, 3.63) is 47.3 Å². The Balaban J connectivity index is 1.74. The summed E-state index contributed by atoms with van der Waals surface area (Å²) in [5.74, 6) is -0.360. The summed E-state index contributed by atoms with van der Waals surface area (Å²) in [5.41, 5.74) is 10.2. The highest BCUT2D eigenvalue weighted by atomic mass is 16.6. The average molecular weight is 411 g/mol. The second-order valence-electron chi connectivity index (χ2n) is 6.51. The second-order valence-corrected chi connectivity index (χ2v) is 6.51. The molecular formula is C19H25N9O2. The number of hydrogen-bond acceptors (Lipinski definition) is 9. The van der Waals surface area contributed by atoms with Crippen molar-refractivity contribution in [2.24, 2.45) is 5.10 Å². The standard InChI is InChI=1S/C19H25N9O2/c1-3-27(4-2)13-15-16(28(26-22-15)18-17(20)24-30-25-18)19(29)23-21-12-8-11-14-9-6-5-7-10-14/h5-7,9-10,12H,3-4,8,11,13H2,1-2H3,(H2,20,24)(H,23,29). The fourth-order valence-electron chi connectivity index (χ4n) is 2.89. The van der Waals surface area contributed by atoms with E-state index >= 15 is 0 Å². The first-order chi connectivity index (χ1) is 14.6. The average Bonchev–Trinajstić information content (AvgIpc) is 3.37. The Morgan fingerprint density at radius 1 is 1.27 bits per heavy atom. The topological polar surface area (TPSA) is 140 Å². The number of nitrogens with two attached hydrogens (primary N) is 1. The maximum atomic E-state index is 12.9. The van der Waals surface area contributed by atoms with Gasteiger partial charge in [-0.3, -0.25) is 9.69 Å². The van der Waals surface area contributed by atoms with Gasteiger partial charge in [-0.1, -0.05) is 49.4 Å². The molecule has 0 unspecified atom stereocenters. The summed E-state index contributed by atoms with van der Waals surface area (Å²) in [4.78, 5) is 15.0. The van der Waals surface area contributed by atoms with Crippen LogP contribution in [0.25, 0.3) is 5.82 Å². The highest BCUT2D eigenvalue weighted by Gasteiger charge is 2.25.